The molecule has 0 atom stereocenters. The van der Waals surface area contributed by atoms with E-state index < -0.39 is 0 Å². The Kier molecular flexibility index (Phi) is 2.58. The van der Waals surface area contributed by atoms with Gasteiger partial charge in [-0.15, -0.1) is 0 Å². The Hall–Kier alpha value is 1.17. The molecule has 1 heterocycles. The minimum absolute atomic E-state index is 0.754. The molecule has 0 aliphatic rings. The van der Waals surface area contributed by atoms with Gasteiger partial charge in [-0.2, -0.15) is 0 Å². The van der Waals surface area contributed by atoms with Gasteiger partial charge in [0.25, 0.3) is 0 Å². The first kappa shape index (κ1) is 7.28. The third kappa shape index (κ3) is 1.57. The van der Waals surface area contributed by atoms with Crippen molar-refractivity contribution in [1.82, 2.24) is 0 Å². The molecule has 3 heteroatoms. The molecule has 0 nitrogen and oxygen atoms in total. The summed E-state index contributed by atoms with van der Waals surface area (Å²) in [6, 6.07) is 0. The van der Waals surface area contributed by atoms with Crippen LogP contribution in [0.5, 0.6) is 0 Å². The second-order valence-electron chi connectivity index (χ2n) is 1.58. The molecule has 0 spiro atoms. The van der Waals surface area contributed by atoms with E-state index in [4.69, 9.17) is 0 Å². The molecule has 0 saturated heterocycles. The zero-order chi connectivity index (χ0) is 6.15. The molecular formula is C5H7Se3. The number of rotatable bonds is 0. The van der Waals surface area contributed by atoms with Crippen molar-refractivity contribution in [2.24, 2.45) is 0 Å². The zero-order valence-electron chi connectivity index (χ0n) is 4.76. The number of hydrogen-bond donors (Lipinski definition) is 0. The van der Waals surface area contributed by atoms with Gasteiger partial charge in [-0.25, -0.2) is 0 Å². The first-order valence-electron chi connectivity index (χ1n) is 2.29. The van der Waals surface area contributed by atoms with Crippen molar-refractivity contribution in [3.8, 4) is 0 Å². The SMILES string of the molecule is Cc1[se]c(=[SeH])[se]c1C. The van der Waals surface area contributed by atoms with Crippen LogP contribution in [0.3, 0.4) is 0 Å². The van der Waals surface area contributed by atoms with Gasteiger partial charge in [-0.05, 0) is 0 Å². The normalized spacial score (nSPS) is 9.75. The summed E-state index contributed by atoms with van der Waals surface area (Å²) >= 11 is 4.22. The molecular weight excluding hydrogens is 297 g/mol. The average molecular weight is 304 g/mol. The second-order valence-corrected chi connectivity index (χ2v) is 11.9. The van der Waals surface area contributed by atoms with Crippen molar-refractivity contribution in [1.29, 1.82) is 0 Å². The van der Waals surface area contributed by atoms with Gasteiger partial charge in [0.05, 0.1) is 0 Å². The van der Waals surface area contributed by atoms with Crippen molar-refractivity contribution in [3.63, 3.8) is 0 Å². The van der Waals surface area contributed by atoms with Crippen LogP contribution >= 0.6 is 0 Å². The fraction of sp³-hybridized carbons (Fsp3) is 0.400. The van der Waals surface area contributed by atoms with E-state index in [1.807, 2.05) is 0 Å². The molecule has 0 amide bonds. The van der Waals surface area contributed by atoms with Crippen LogP contribution in [-0.4, -0.2) is 44.6 Å². The molecule has 45 valence electrons. The van der Waals surface area contributed by atoms with E-state index in [2.05, 4.69) is 29.4 Å². The number of hydrogen-bond acceptors (Lipinski definition) is 0. The molecule has 1 radical (unpaired) electrons. The molecule has 0 aromatic carbocycles. The Balaban J connectivity index is 3.35. The summed E-state index contributed by atoms with van der Waals surface area (Å²) in [5.41, 5.74) is 0. The van der Waals surface area contributed by atoms with E-state index in [1.165, 1.54) is 0 Å². The number of aryl methyl sites for hydroxylation is 2. The van der Waals surface area contributed by atoms with Gasteiger partial charge in [0.2, 0.25) is 0 Å². The van der Waals surface area contributed by atoms with Crippen molar-refractivity contribution >= 4 is 44.6 Å². The molecule has 1 aromatic rings. The summed E-state index contributed by atoms with van der Waals surface area (Å²) in [6.45, 7) is 4.52. The van der Waals surface area contributed by atoms with Gasteiger partial charge in [0.15, 0.2) is 0 Å². The van der Waals surface area contributed by atoms with E-state index in [0.717, 1.165) is 29.0 Å². The van der Waals surface area contributed by atoms with Crippen LogP contribution in [0.25, 0.3) is 0 Å². The molecule has 8 heavy (non-hydrogen) atoms. The Morgan fingerprint density at radius 1 is 1.12 bits per heavy atom. The summed E-state index contributed by atoms with van der Waals surface area (Å²) in [7, 11) is 0. The van der Waals surface area contributed by atoms with Crippen molar-refractivity contribution in [2.75, 3.05) is 0 Å². The van der Waals surface area contributed by atoms with Crippen LogP contribution in [0.1, 0.15) is 8.87 Å². The Bertz CT molecular complexity index is 208. The monoisotopic (exact) mass is 307 g/mol. The van der Waals surface area contributed by atoms with E-state index in [0.29, 0.717) is 0 Å². The first-order chi connectivity index (χ1) is 3.70. The van der Waals surface area contributed by atoms with Crippen LogP contribution in [-0.2, 0) is 0 Å². The second kappa shape index (κ2) is 2.83. The van der Waals surface area contributed by atoms with Crippen LogP contribution in [0.2, 0.25) is 0 Å². The van der Waals surface area contributed by atoms with E-state index >= 15 is 0 Å². The molecule has 0 N–H and O–H groups in total. The Morgan fingerprint density at radius 3 is 1.62 bits per heavy atom. The molecule has 0 unspecified atom stereocenters. The van der Waals surface area contributed by atoms with Gasteiger partial charge in [0.1, 0.15) is 0 Å². The zero-order valence-corrected chi connectivity index (χ0v) is 10.1. The van der Waals surface area contributed by atoms with Crippen LogP contribution in [0.4, 0.5) is 0 Å². The fourth-order valence-electron chi connectivity index (χ4n) is 0.426. The van der Waals surface area contributed by atoms with Gasteiger partial charge >= 0.3 is 69.1 Å². The molecule has 0 aliphatic carbocycles. The molecule has 0 aliphatic heterocycles. The van der Waals surface area contributed by atoms with E-state index in [9.17, 15) is 0 Å². The Labute approximate surface area is 68.8 Å². The summed E-state index contributed by atoms with van der Waals surface area (Å²) < 4.78 is 5.01. The third-order valence-electron chi connectivity index (χ3n) is 0.977. The maximum absolute atomic E-state index is 2.71. The van der Waals surface area contributed by atoms with Gasteiger partial charge in [0, 0.05) is 0 Å². The summed E-state index contributed by atoms with van der Waals surface area (Å²) in [6.07, 6.45) is 0. The van der Waals surface area contributed by atoms with Crippen molar-refractivity contribution in [2.45, 2.75) is 13.8 Å². The van der Waals surface area contributed by atoms with E-state index in [-0.39, 0.29) is 0 Å². The standard InChI is InChI=1S/C5H7Se3/c1-3-4(2)8-5(6)7-3/h6H,1-2H3. The minimum atomic E-state index is 0.754. The summed E-state index contributed by atoms with van der Waals surface area (Å²) in [4.78, 5) is 0. The van der Waals surface area contributed by atoms with Crippen LogP contribution in [0, 0.1) is 15.7 Å². The predicted octanol–water partition coefficient (Wildman–Crippen LogP) is -0.150. The van der Waals surface area contributed by atoms with Gasteiger partial charge < -0.3 is 0 Å². The van der Waals surface area contributed by atoms with Crippen LogP contribution < -0.4 is 0 Å². The predicted molar refractivity (Wildman–Crippen MR) is 40.2 cm³/mol. The fourth-order valence-corrected chi connectivity index (χ4v) is 9.29. The van der Waals surface area contributed by atoms with Gasteiger partial charge in [-0.1, -0.05) is 0 Å². The third-order valence-corrected chi connectivity index (χ3v) is 8.74. The molecule has 1 rings (SSSR count). The summed E-state index contributed by atoms with van der Waals surface area (Å²) in [5.74, 6) is 0. The topological polar surface area (TPSA) is 0 Å². The molecule has 0 saturated carbocycles. The quantitative estimate of drug-likeness (QED) is 0.585. The van der Waals surface area contributed by atoms with Crippen LogP contribution in [0.15, 0.2) is 0 Å². The molecule has 1 aromatic heterocycles. The molecule has 0 fully saturated rings. The van der Waals surface area contributed by atoms with Crippen molar-refractivity contribution < 1.29 is 0 Å². The summed E-state index contributed by atoms with van der Waals surface area (Å²) in [5, 5.41) is 0. The Morgan fingerprint density at radius 2 is 1.50 bits per heavy atom. The van der Waals surface area contributed by atoms with E-state index in [1.54, 1.807) is 10.7 Å². The van der Waals surface area contributed by atoms with Crippen molar-refractivity contribution in [3.05, 3.63) is 10.7 Å². The van der Waals surface area contributed by atoms with Gasteiger partial charge in [-0.3, -0.25) is 0 Å². The maximum atomic E-state index is 2.71. The average Bonchev–Trinajstić information content (AvgIpc) is 1.85. The first-order valence-corrected chi connectivity index (χ1v) is 6.65. The molecule has 0 bridgehead atoms.